The molecular formula is C22H30N2O2. The lowest BCUT2D eigenvalue weighted by Gasteiger charge is -2.44. The molecule has 0 N–H and O–H groups in total. The lowest BCUT2D eigenvalue weighted by molar-refractivity contribution is -0.150. The van der Waals surface area contributed by atoms with Gasteiger partial charge in [0.05, 0.1) is 5.41 Å². The molecule has 3 fully saturated rings. The first kappa shape index (κ1) is 17.7. The Kier molecular flexibility index (Phi) is 5.41. The molecule has 3 heterocycles. The van der Waals surface area contributed by atoms with Crippen LogP contribution in [0.3, 0.4) is 0 Å². The molecule has 3 aliphatic heterocycles. The van der Waals surface area contributed by atoms with Crippen LogP contribution in [0.15, 0.2) is 36.4 Å². The van der Waals surface area contributed by atoms with Crippen molar-refractivity contribution < 1.29 is 9.53 Å². The Labute approximate surface area is 156 Å². The summed E-state index contributed by atoms with van der Waals surface area (Å²) in [7, 11) is 0. The molecule has 140 valence electrons. The van der Waals surface area contributed by atoms with Gasteiger partial charge < -0.3 is 9.64 Å². The summed E-state index contributed by atoms with van der Waals surface area (Å²) in [5.41, 5.74) is 1.11. The summed E-state index contributed by atoms with van der Waals surface area (Å²) >= 11 is 0. The summed E-state index contributed by atoms with van der Waals surface area (Å²) in [4.78, 5) is 18.0. The van der Waals surface area contributed by atoms with Crippen LogP contribution in [0.25, 0.3) is 6.08 Å². The van der Waals surface area contributed by atoms with Crippen molar-refractivity contribution in [1.82, 2.24) is 9.80 Å². The first-order valence-corrected chi connectivity index (χ1v) is 10.1. The Balaban J connectivity index is 1.36. The van der Waals surface area contributed by atoms with Crippen LogP contribution in [0.2, 0.25) is 0 Å². The molecule has 0 saturated carbocycles. The maximum Gasteiger partial charge on any atom is 0.230 e. The normalized spacial score (nSPS) is 28.5. The molecule has 3 aliphatic rings. The molecule has 0 radical (unpaired) electrons. The van der Waals surface area contributed by atoms with E-state index in [9.17, 15) is 4.79 Å². The van der Waals surface area contributed by atoms with Gasteiger partial charge in [0.2, 0.25) is 5.91 Å². The Bertz CT molecular complexity index is 639. The third-order valence-electron chi connectivity index (χ3n) is 6.31. The van der Waals surface area contributed by atoms with Crippen molar-refractivity contribution in [2.75, 3.05) is 39.4 Å². The SMILES string of the molecule is O=C1N(C2CCOCC2)CCC[C@@]12CCN(C/C=C/c1ccccc1)C2. The van der Waals surface area contributed by atoms with Crippen molar-refractivity contribution >= 4 is 12.0 Å². The molecule has 1 spiro atoms. The van der Waals surface area contributed by atoms with Crippen LogP contribution in [0.5, 0.6) is 0 Å². The van der Waals surface area contributed by atoms with E-state index in [1.54, 1.807) is 0 Å². The van der Waals surface area contributed by atoms with Gasteiger partial charge in [0.15, 0.2) is 0 Å². The van der Waals surface area contributed by atoms with Crippen LogP contribution in [-0.2, 0) is 9.53 Å². The summed E-state index contributed by atoms with van der Waals surface area (Å²) in [5, 5.41) is 0. The summed E-state index contributed by atoms with van der Waals surface area (Å²) in [6.45, 7) is 5.44. The minimum Gasteiger partial charge on any atom is -0.381 e. The van der Waals surface area contributed by atoms with Gasteiger partial charge in [0.1, 0.15) is 0 Å². The van der Waals surface area contributed by atoms with Gasteiger partial charge in [-0.25, -0.2) is 0 Å². The average Bonchev–Trinajstić information content (AvgIpc) is 3.10. The van der Waals surface area contributed by atoms with Crippen LogP contribution < -0.4 is 0 Å². The molecule has 3 saturated heterocycles. The number of hydrogen-bond donors (Lipinski definition) is 0. The Morgan fingerprint density at radius 1 is 1.12 bits per heavy atom. The monoisotopic (exact) mass is 354 g/mol. The second-order valence-corrected chi connectivity index (χ2v) is 8.02. The van der Waals surface area contributed by atoms with Crippen molar-refractivity contribution in [3.05, 3.63) is 42.0 Å². The number of benzene rings is 1. The van der Waals surface area contributed by atoms with Gasteiger partial charge in [0.25, 0.3) is 0 Å². The Morgan fingerprint density at radius 3 is 2.73 bits per heavy atom. The van der Waals surface area contributed by atoms with Gasteiger partial charge in [-0.05, 0) is 44.2 Å². The quantitative estimate of drug-likeness (QED) is 0.832. The molecule has 1 atom stereocenters. The van der Waals surface area contributed by atoms with Crippen LogP contribution in [0.1, 0.15) is 37.7 Å². The minimum absolute atomic E-state index is 0.128. The first-order valence-electron chi connectivity index (χ1n) is 10.1. The second kappa shape index (κ2) is 7.93. The highest BCUT2D eigenvalue weighted by molar-refractivity contribution is 5.84. The number of hydrogen-bond acceptors (Lipinski definition) is 3. The highest BCUT2D eigenvalue weighted by atomic mass is 16.5. The first-order chi connectivity index (χ1) is 12.8. The largest absolute Gasteiger partial charge is 0.381 e. The Hall–Kier alpha value is -1.65. The van der Waals surface area contributed by atoms with E-state index in [0.717, 1.165) is 71.5 Å². The molecule has 0 aromatic heterocycles. The zero-order chi connectivity index (χ0) is 17.8. The van der Waals surface area contributed by atoms with E-state index in [1.807, 2.05) is 6.07 Å². The summed E-state index contributed by atoms with van der Waals surface area (Å²) in [5.74, 6) is 0.421. The van der Waals surface area contributed by atoms with Crippen molar-refractivity contribution in [1.29, 1.82) is 0 Å². The van der Waals surface area contributed by atoms with Gasteiger partial charge in [-0.2, -0.15) is 0 Å². The molecule has 4 rings (SSSR count). The molecular weight excluding hydrogens is 324 g/mol. The number of piperidine rings is 1. The summed E-state index contributed by atoms with van der Waals surface area (Å²) < 4.78 is 5.49. The van der Waals surface area contributed by atoms with E-state index in [2.05, 4.69) is 46.2 Å². The van der Waals surface area contributed by atoms with Crippen molar-refractivity contribution in [3.63, 3.8) is 0 Å². The van der Waals surface area contributed by atoms with Crippen LogP contribution in [-0.4, -0.2) is 61.1 Å². The fraction of sp³-hybridized carbons (Fsp3) is 0.591. The maximum atomic E-state index is 13.3. The fourth-order valence-electron chi connectivity index (χ4n) is 4.84. The second-order valence-electron chi connectivity index (χ2n) is 8.02. The van der Waals surface area contributed by atoms with E-state index < -0.39 is 0 Å². The summed E-state index contributed by atoms with van der Waals surface area (Å²) in [6, 6.07) is 10.8. The highest BCUT2D eigenvalue weighted by Crippen LogP contribution is 2.41. The van der Waals surface area contributed by atoms with Gasteiger partial charge in [-0.1, -0.05) is 42.5 Å². The molecule has 0 unspecified atom stereocenters. The zero-order valence-electron chi connectivity index (χ0n) is 15.6. The third-order valence-corrected chi connectivity index (χ3v) is 6.31. The number of amides is 1. The van der Waals surface area contributed by atoms with E-state index in [0.29, 0.717) is 11.9 Å². The molecule has 4 nitrogen and oxygen atoms in total. The van der Waals surface area contributed by atoms with Crippen molar-refractivity contribution in [3.8, 4) is 0 Å². The third kappa shape index (κ3) is 3.72. The topological polar surface area (TPSA) is 32.8 Å². The van der Waals surface area contributed by atoms with E-state index in [-0.39, 0.29) is 5.41 Å². The predicted molar refractivity (Wildman–Crippen MR) is 104 cm³/mol. The fourth-order valence-corrected chi connectivity index (χ4v) is 4.84. The van der Waals surface area contributed by atoms with Crippen molar-refractivity contribution in [2.45, 2.75) is 38.1 Å². The molecule has 4 heteroatoms. The van der Waals surface area contributed by atoms with Gasteiger partial charge in [0, 0.05) is 38.9 Å². The lowest BCUT2D eigenvalue weighted by Crippen LogP contribution is -2.54. The zero-order valence-corrected chi connectivity index (χ0v) is 15.6. The standard InChI is InChI=1S/C22H30N2O2/c25-21-22(11-5-14-24(21)20-9-16-26-17-10-20)12-15-23(18-22)13-4-8-19-6-2-1-3-7-19/h1-4,6-8,20H,5,9-18H2/b8-4+/t22-/m0/s1. The van der Waals surface area contributed by atoms with E-state index in [4.69, 9.17) is 4.74 Å². The van der Waals surface area contributed by atoms with Gasteiger partial charge in [-0.15, -0.1) is 0 Å². The molecule has 1 amide bonds. The molecule has 0 aliphatic carbocycles. The summed E-state index contributed by atoms with van der Waals surface area (Å²) in [6.07, 6.45) is 9.66. The number of carbonyl (C=O) groups excluding carboxylic acids is 1. The molecule has 1 aromatic rings. The van der Waals surface area contributed by atoms with Crippen LogP contribution >= 0.6 is 0 Å². The van der Waals surface area contributed by atoms with E-state index in [1.165, 1.54) is 5.56 Å². The highest BCUT2D eigenvalue weighted by Gasteiger charge is 2.49. The molecule has 1 aromatic carbocycles. The minimum atomic E-state index is -0.128. The number of likely N-dealkylation sites (tertiary alicyclic amines) is 2. The van der Waals surface area contributed by atoms with E-state index >= 15 is 0 Å². The number of ether oxygens (including phenoxy) is 1. The van der Waals surface area contributed by atoms with Gasteiger partial charge in [-0.3, -0.25) is 9.69 Å². The van der Waals surface area contributed by atoms with Crippen molar-refractivity contribution in [2.24, 2.45) is 5.41 Å². The predicted octanol–water partition coefficient (Wildman–Crippen LogP) is 3.19. The van der Waals surface area contributed by atoms with Crippen LogP contribution in [0.4, 0.5) is 0 Å². The van der Waals surface area contributed by atoms with Gasteiger partial charge >= 0.3 is 0 Å². The lowest BCUT2D eigenvalue weighted by atomic mass is 9.77. The van der Waals surface area contributed by atoms with Crippen LogP contribution in [0, 0.1) is 5.41 Å². The number of rotatable bonds is 4. The molecule has 0 bridgehead atoms. The molecule has 26 heavy (non-hydrogen) atoms. The number of nitrogens with zero attached hydrogens (tertiary/aromatic N) is 2. The number of carbonyl (C=O) groups is 1. The average molecular weight is 354 g/mol. The Morgan fingerprint density at radius 2 is 1.92 bits per heavy atom. The smallest absolute Gasteiger partial charge is 0.230 e. The maximum absolute atomic E-state index is 13.3.